The second kappa shape index (κ2) is 10.7. The number of nitrogens with zero attached hydrogens (tertiary/aromatic N) is 5. The zero-order valence-corrected chi connectivity index (χ0v) is 25.7. The van der Waals surface area contributed by atoms with Gasteiger partial charge in [0, 0.05) is 38.5 Å². The number of carbonyl (C=O) groups is 1. The standard InChI is InChI=1S/C36H42N5O3/c1-43-31-17-21-36(22-18-31)35(19-5-2-6-20-35)41(36)25-23-39(24-26-41)30-15-13-28(14-16-30)27-9-11-29(12-10-27)34(42)44-40-33-8-4-3-7-32(33)37-38-40/h3-4,7-16,31H,2,5-6,17-26H2,1H3/q+1. The molecular weight excluding hydrogens is 550 g/mol. The number of anilines is 1. The number of hydrogen-bond acceptors (Lipinski definition) is 6. The van der Waals surface area contributed by atoms with Gasteiger partial charge in [-0.15, -0.1) is 5.10 Å². The summed E-state index contributed by atoms with van der Waals surface area (Å²) in [5, 5.41) is 7.99. The Morgan fingerprint density at radius 1 is 0.818 bits per heavy atom. The topological polar surface area (TPSA) is 69.5 Å². The fourth-order valence-electron chi connectivity index (χ4n) is 9.76. The van der Waals surface area contributed by atoms with Gasteiger partial charge in [-0.05, 0) is 78.4 Å². The third kappa shape index (κ3) is 4.14. The number of piperazine rings is 1. The van der Waals surface area contributed by atoms with Gasteiger partial charge in [0.15, 0.2) is 11.1 Å². The van der Waals surface area contributed by atoms with E-state index < -0.39 is 5.97 Å². The van der Waals surface area contributed by atoms with Crippen LogP contribution in [0.4, 0.5) is 5.69 Å². The molecule has 0 amide bonds. The molecule has 44 heavy (non-hydrogen) atoms. The maximum Gasteiger partial charge on any atom is 0.365 e. The molecular formula is C36H42N5O3+. The molecule has 3 aromatic carbocycles. The summed E-state index contributed by atoms with van der Waals surface area (Å²) < 4.78 is 7.18. The minimum absolute atomic E-state index is 0.465. The lowest BCUT2D eigenvalue weighted by atomic mass is 9.73. The molecule has 8 nitrogen and oxygen atoms in total. The molecule has 2 aliphatic heterocycles. The van der Waals surface area contributed by atoms with Gasteiger partial charge in [-0.2, -0.15) is 0 Å². The van der Waals surface area contributed by atoms with E-state index in [1.54, 1.807) is 12.1 Å². The van der Waals surface area contributed by atoms with E-state index >= 15 is 0 Å². The first-order valence-corrected chi connectivity index (χ1v) is 16.5. The van der Waals surface area contributed by atoms with E-state index in [9.17, 15) is 4.79 Å². The van der Waals surface area contributed by atoms with Crippen molar-refractivity contribution in [2.75, 3.05) is 38.2 Å². The van der Waals surface area contributed by atoms with Crippen molar-refractivity contribution in [2.24, 2.45) is 0 Å². The molecule has 4 aliphatic rings. The summed E-state index contributed by atoms with van der Waals surface area (Å²) in [5.74, 6) is -0.469. The summed E-state index contributed by atoms with van der Waals surface area (Å²) in [6, 6.07) is 23.9. The Kier molecular flexibility index (Phi) is 6.76. The molecule has 1 aromatic heterocycles. The highest BCUT2D eigenvalue weighted by molar-refractivity contribution is 5.90. The van der Waals surface area contributed by atoms with Crippen LogP contribution in [0.5, 0.6) is 0 Å². The van der Waals surface area contributed by atoms with Crippen LogP contribution < -0.4 is 9.74 Å². The number of aromatic nitrogens is 3. The summed E-state index contributed by atoms with van der Waals surface area (Å²) in [6.45, 7) is 4.82. The zero-order chi connectivity index (χ0) is 29.8. The first-order valence-electron chi connectivity index (χ1n) is 16.5. The summed E-state index contributed by atoms with van der Waals surface area (Å²) in [5.41, 5.74) is 6.37. The first-order chi connectivity index (χ1) is 21.6. The number of carbonyl (C=O) groups excluding carboxylic acids is 1. The highest BCUT2D eigenvalue weighted by atomic mass is 16.7. The van der Waals surface area contributed by atoms with Gasteiger partial charge in [0.1, 0.15) is 11.0 Å². The number of rotatable bonds is 5. The van der Waals surface area contributed by atoms with E-state index in [0.29, 0.717) is 33.8 Å². The molecule has 8 rings (SSSR count). The second-order valence-electron chi connectivity index (χ2n) is 13.4. The van der Waals surface area contributed by atoms with Gasteiger partial charge in [-0.25, -0.2) is 4.79 Å². The van der Waals surface area contributed by atoms with E-state index in [4.69, 9.17) is 9.57 Å². The quantitative estimate of drug-likeness (QED) is 0.160. The largest absolute Gasteiger partial charge is 0.381 e. The van der Waals surface area contributed by atoms with Crippen LogP contribution in [0.1, 0.15) is 68.1 Å². The Morgan fingerprint density at radius 3 is 2.14 bits per heavy atom. The van der Waals surface area contributed by atoms with Gasteiger partial charge in [-0.3, -0.25) is 0 Å². The van der Waals surface area contributed by atoms with Gasteiger partial charge in [0.25, 0.3) is 0 Å². The highest BCUT2D eigenvalue weighted by Crippen LogP contribution is 2.71. The van der Waals surface area contributed by atoms with Crippen LogP contribution >= 0.6 is 0 Å². The fourth-order valence-corrected chi connectivity index (χ4v) is 9.76. The van der Waals surface area contributed by atoms with Crippen LogP contribution in [-0.4, -0.2) is 76.1 Å². The predicted octanol–water partition coefficient (Wildman–Crippen LogP) is 6.05. The number of hydrogen-bond donors (Lipinski definition) is 0. The third-order valence-corrected chi connectivity index (χ3v) is 11.9. The van der Waals surface area contributed by atoms with Crippen LogP contribution in [0.15, 0.2) is 72.8 Å². The molecule has 4 fully saturated rings. The molecule has 0 atom stereocenters. The van der Waals surface area contributed by atoms with E-state index in [-0.39, 0.29) is 0 Å². The first kappa shape index (κ1) is 27.8. The Labute approximate surface area is 259 Å². The Bertz CT molecular complexity index is 1640. The van der Waals surface area contributed by atoms with Crippen molar-refractivity contribution >= 4 is 22.7 Å². The predicted molar refractivity (Wildman–Crippen MR) is 170 cm³/mol. The number of para-hydroxylation sites is 1. The highest BCUT2D eigenvalue weighted by Gasteiger charge is 2.87. The Hall–Kier alpha value is -3.75. The average molecular weight is 593 g/mol. The number of methoxy groups -OCH3 is 1. The Morgan fingerprint density at radius 2 is 1.45 bits per heavy atom. The van der Waals surface area contributed by atoms with Crippen molar-refractivity contribution in [3.8, 4) is 11.1 Å². The smallest absolute Gasteiger partial charge is 0.365 e. The van der Waals surface area contributed by atoms with Crippen molar-refractivity contribution in [3.63, 3.8) is 0 Å². The lowest BCUT2D eigenvalue weighted by molar-refractivity contribution is -0.858. The van der Waals surface area contributed by atoms with E-state index in [1.165, 1.54) is 85.9 Å². The molecule has 8 heteroatoms. The van der Waals surface area contributed by atoms with Gasteiger partial charge in [-0.1, -0.05) is 47.7 Å². The van der Waals surface area contributed by atoms with E-state index in [1.807, 2.05) is 43.5 Å². The lowest BCUT2D eigenvalue weighted by Crippen LogP contribution is -2.54. The number of benzene rings is 3. The minimum Gasteiger partial charge on any atom is -0.381 e. The van der Waals surface area contributed by atoms with Crippen molar-refractivity contribution < 1.29 is 18.9 Å². The van der Waals surface area contributed by atoms with Crippen LogP contribution in [-0.2, 0) is 4.74 Å². The van der Waals surface area contributed by atoms with Crippen LogP contribution in [0.2, 0.25) is 0 Å². The molecule has 2 saturated carbocycles. The zero-order valence-electron chi connectivity index (χ0n) is 25.7. The van der Waals surface area contributed by atoms with Crippen molar-refractivity contribution in [2.45, 2.75) is 75.0 Å². The third-order valence-electron chi connectivity index (χ3n) is 11.9. The Balaban J connectivity index is 0.926. The summed E-state index contributed by atoms with van der Waals surface area (Å²) in [6.07, 6.45) is 12.8. The normalized spacial score (nSPS) is 25.5. The molecule has 2 aliphatic carbocycles. The van der Waals surface area contributed by atoms with Crippen molar-refractivity contribution in [1.82, 2.24) is 15.2 Å². The molecule has 228 valence electrons. The van der Waals surface area contributed by atoms with E-state index in [2.05, 4.69) is 39.5 Å². The molecule has 0 bridgehead atoms. The maximum absolute atomic E-state index is 12.8. The number of fused-ring (bicyclic) bond motifs is 4. The molecule has 0 N–H and O–H groups in total. The molecule has 3 heterocycles. The van der Waals surface area contributed by atoms with Crippen molar-refractivity contribution in [1.29, 1.82) is 0 Å². The maximum atomic E-state index is 12.8. The summed E-state index contributed by atoms with van der Waals surface area (Å²) in [7, 11) is 1.90. The van der Waals surface area contributed by atoms with Gasteiger partial charge >= 0.3 is 5.97 Å². The summed E-state index contributed by atoms with van der Waals surface area (Å²) >= 11 is 0. The van der Waals surface area contributed by atoms with Gasteiger partial charge in [0.2, 0.25) is 0 Å². The fraction of sp³-hybridized carbons (Fsp3) is 0.472. The van der Waals surface area contributed by atoms with Crippen LogP contribution in [0, 0.1) is 0 Å². The molecule has 4 aromatic rings. The molecule has 2 saturated heterocycles. The molecule has 3 spiro atoms. The van der Waals surface area contributed by atoms with E-state index in [0.717, 1.165) is 24.2 Å². The molecule has 0 unspecified atom stereocenters. The lowest BCUT2D eigenvalue weighted by Gasteiger charge is -2.40. The number of quaternary nitrogens is 1. The van der Waals surface area contributed by atoms with Crippen LogP contribution in [0.25, 0.3) is 22.2 Å². The number of ether oxygens (including phenoxy) is 1. The average Bonchev–Trinajstić information content (AvgIpc) is 3.32. The monoisotopic (exact) mass is 592 g/mol. The van der Waals surface area contributed by atoms with Crippen molar-refractivity contribution in [3.05, 3.63) is 78.4 Å². The van der Waals surface area contributed by atoms with Gasteiger partial charge < -0.3 is 19.0 Å². The molecule has 0 radical (unpaired) electrons. The SMILES string of the molecule is COC1CCC2(CC1)C1(CCCCC1)[N+]21CCN(c2ccc(-c3ccc(C(=O)On4nnc5ccccc54)cc3)cc2)CC1. The second-order valence-corrected chi connectivity index (χ2v) is 13.4. The van der Waals surface area contributed by atoms with Crippen LogP contribution in [0.3, 0.4) is 0 Å². The van der Waals surface area contributed by atoms with Gasteiger partial charge in [0.05, 0.1) is 37.8 Å². The minimum atomic E-state index is -0.469. The summed E-state index contributed by atoms with van der Waals surface area (Å²) in [4.78, 5) is 22.0.